The molecule has 2 atom stereocenters. The Morgan fingerprint density at radius 2 is 1.95 bits per heavy atom. The van der Waals surface area contributed by atoms with Crippen LogP contribution in [-0.2, 0) is 4.79 Å². The molecule has 1 N–H and O–H groups in total. The van der Waals surface area contributed by atoms with E-state index in [1.807, 2.05) is 11.9 Å². The van der Waals surface area contributed by atoms with Crippen molar-refractivity contribution in [1.29, 1.82) is 0 Å². The second-order valence-corrected chi connectivity index (χ2v) is 6.36. The highest BCUT2D eigenvalue weighted by atomic mass is 16.3. The van der Waals surface area contributed by atoms with Crippen molar-refractivity contribution in [3.8, 4) is 0 Å². The Bertz CT molecular complexity index is 303. The van der Waals surface area contributed by atoms with Gasteiger partial charge in [0, 0.05) is 26.2 Å². The van der Waals surface area contributed by atoms with Crippen LogP contribution in [0.3, 0.4) is 0 Å². The fourth-order valence-electron chi connectivity index (χ4n) is 3.34. The zero-order valence-electron chi connectivity index (χ0n) is 12.3. The lowest BCUT2D eigenvalue weighted by atomic mass is 9.94. The standard InChI is InChI=1S/C15H28N2O2/c1-12-10-17(9-8-14(12)18)11-15(19)16(2)13-6-4-3-5-7-13/h12-14,18H,3-11H2,1-2H3. The van der Waals surface area contributed by atoms with Crippen LogP contribution < -0.4 is 0 Å². The van der Waals surface area contributed by atoms with E-state index in [2.05, 4.69) is 11.8 Å². The van der Waals surface area contributed by atoms with Gasteiger partial charge in [-0.1, -0.05) is 26.2 Å². The first kappa shape index (κ1) is 14.8. The molecule has 1 heterocycles. The van der Waals surface area contributed by atoms with E-state index in [4.69, 9.17) is 0 Å². The van der Waals surface area contributed by atoms with Gasteiger partial charge in [-0.05, 0) is 25.2 Å². The van der Waals surface area contributed by atoms with Crippen LogP contribution in [-0.4, -0.2) is 59.6 Å². The summed E-state index contributed by atoms with van der Waals surface area (Å²) in [6.07, 6.45) is 6.77. The Hall–Kier alpha value is -0.610. The topological polar surface area (TPSA) is 43.8 Å². The molecule has 0 aromatic carbocycles. The predicted molar refractivity (Wildman–Crippen MR) is 75.9 cm³/mol. The highest BCUT2D eigenvalue weighted by Gasteiger charge is 2.28. The minimum Gasteiger partial charge on any atom is -0.393 e. The highest BCUT2D eigenvalue weighted by molar-refractivity contribution is 5.78. The van der Waals surface area contributed by atoms with Crippen molar-refractivity contribution in [2.45, 2.75) is 57.6 Å². The molecule has 1 saturated heterocycles. The van der Waals surface area contributed by atoms with Crippen molar-refractivity contribution in [2.24, 2.45) is 5.92 Å². The third-order valence-corrected chi connectivity index (χ3v) is 4.82. The predicted octanol–water partition coefficient (Wildman–Crippen LogP) is 1.48. The van der Waals surface area contributed by atoms with Crippen LogP contribution in [0.5, 0.6) is 0 Å². The fraction of sp³-hybridized carbons (Fsp3) is 0.933. The molecule has 19 heavy (non-hydrogen) atoms. The minimum absolute atomic E-state index is 0.192. The molecule has 110 valence electrons. The molecule has 1 saturated carbocycles. The molecule has 0 aromatic rings. The Kier molecular flexibility index (Phi) is 5.22. The number of rotatable bonds is 3. The van der Waals surface area contributed by atoms with Gasteiger partial charge < -0.3 is 10.0 Å². The van der Waals surface area contributed by atoms with E-state index >= 15 is 0 Å². The van der Waals surface area contributed by atoms with Gasteiger partial charge in [0.2, 0.25) is 5.91 Å². The number of aliphatic hydroxyl groups excluding tert-OH is 1. The average Bonchev–Trinajstić information content (AvgIpc) is 2.43. The van der Waals surface area contributed by atoms with Crippen LogP contribution in [0, 0.1) is 5.92 Å². The summed E-state index contributed by atoms with van der Waals surface area (Å²) in [7, 11) is 1.96. The fourth-order valence-corrected chi connectivity index (χ4v) is 3.34. The van der Waals surface area contributed by atoms with Crippen molar-refractivity contribution in [1.82, 2.24) is 9.80 Å². The Morgan fingerprint density at radius 3 is 2.58 bits per heavy atom. The second kappa shape index (κ2) is 6.71. The molecule has 0 radical (unpaired) electrons. The highest BCUT2D eigenvalue weighted by Crippen LogP contribution is 2.22. The molecule has 4 nitrogen and oxygen atoms in total. The normalized spacial score (nSPS) is 30.3. The van der Waals surface area contributed by atoms with Crippen LogP contribution in [0.15, 0.2) is 0 Å². The van der Waals surface area contributed by atoms with E-state index in [-0.39, 0.29) is 17.9 Å². The third-order valence-electron chi connectivity index (χ3n) is 4.82. The Balaban J connectivity index is 1.79. The second-order valence-electron chi connectivity index (χ2n) is 6.36. The summed E-state index contributed by atoms with van der Waals surface area (Å²) >= 11 is 0. The molecule has 4 heteroatoms. The molecular formula is C15H28N2O2. The van der Waals surface area contributed by atoms with E-state index in [1.54, 1.807) is 0 Å². The molecule has 0 bridgehead atoms. The van der Waals surface area contributed by atoms with E-state index in [9.17, 15) is 9.90 Å². The summed E-state index contributed by atoms with van der Waals surface area (Å²) in [4.78, 5) is 16.5. The van der Waals surface area contributed by atoms with Crippen molar-refractivity contribution in [3.05, 3.63) is 0 Å². The zero-order chi connectivity index (χ0) is 13.8. The van der Waals surface area contributed by atoms with Gasteiger partial charge >= 0.3 is 0 Å². The van der Waals surface area contributed by atoms with E-state index in [0.29, 0.717) is 12.6 Å². The monoisotopic (exact) mass is 268 g/mol. The summed E-state index contributed by atoms with van der Waals surface area (Å²) in [6, 6.07) is 0.453. The number of amides is 1. The number of likely N-dealkylation sites (tertiary alicyclic amines) is 1. The van der Waals surface area contributed by atoms with Crippen LogP contribution in [0.1, 0.15) is 45.4 Å². The molecule has 1 aliphatic heterocycles. The van der Waals surface area contributed by atoms with Crippen molar-refractivity contribution in [3.63, 3.8) is 0 Å². The van der Waals surface area contributed by atoms with Crippen LogP contribution in [0.4, 0.5) is 0 Å². The van der Waals surface area contributed by atoms with Crippen LogP contribution in [0.25, 0.3) is 0 Å². The molecular weight excluding hydrogens is 240 g/mol. The maximum atomic E-state index is 12.3. The lowest BCUT2D eigenvalue weighted by Crippen LogP contribution is -2.48. The number of aliphatic hydroxyl groups is 1. The van der Waals surface area contributed by atoms with E-state index in [0.717, 1.165) is 32.4 Å². The number of nitrogens with zero attached hydrogens (tertiary/aromatic N) is 2. The lowest BCUT2D eigenvalue weighted by Gasteiger charge is -2.36. The van der Waals surface area contributed by atoms with Crippen LogP contribution in [0.2, 0.25) is 0 Å². The number of hydrogen-bond donors (Lipinski definition) is 1. The summed E-state index contributed by atoms with van der Waals surface area (Å²) in [5.41, 5.74) is 0. The Morgan fingerprint density at radius 1 is 1.26 bits per heavy atom. The quantitative estimate of drug-likeness (QED) is 0.843. The minimum atomic E-state index is -0.192. The maximum Gasteiger partial charge on any atom is 0.236 e. The molecule has 2 rings (SSSR count). The maximum absolute atomic E-state index is 12.3. The molecule has 0 spiro atoms. The van der Waals surface area contributed by atoms with Crippen molar-refractivity contribution >= 4 is 5.91 Å². The first-order valence-electron chi connectivity index (χ1n) is 7.74. The van der Waals surface area contributed by atoms with Gasteiger partial charge in [0.05, 0.1) is 12.6 Å². The molecule has 2 fully saturated rings. The molecule has 2 unspecified atom stereocenters. The van der Waals surface area contributed by atoms with Gasteiger partial charge in [0.25, 0.3) is 0 Å². The molecule has 1 aliphatic carbocycles. The first-order valence-corrected chi connectivity index (χ1v) is 7.74. The summed E-state index contributed by atoms with van der Waals surface area (Å²) in [5, 5.41) is 9.72. The van der Waals surface area contributed by atoms with Crippen LogP contribution >= 0.6 is 0 Å². The van der Waals surface area contributed by atoms with Gasteiger partial charge in [0.1, 0.15) is 0 Å². The van der Waals surface area contributed by atoms with Gasteiger partial charge in [-0.25, -0.2) is 0 Å². The summed E-state index contributed by atoms with van der Waals surface area (Å²) in [5.74, 6) is 0.525. The van der Waals surface area contributed by atoms with E-state index < -0.39 is 0 Å². The van der Waals surface area contributed by atoms with Gasteiger partial charge in [-0.15, -0.1) is 0 Å². The van der Waals surface area contributed by atoms with Crippen molar-refractivity contribution < 1.29 is 9.90 Å². The van der Waals surface area contributed by atoms with Gasteiger partial charge in [0.15, 0.2) is 0 Å². The molecule has 1 amide bonds. The van der Waals surface area contributed by atoms with E-state index in [1.165, 1.54) is 19.3 Å². The van der Waals surface area contributed by atoms with Crippen molar-refractivity contribution in [2.75, 3.05) is 26.7 Å². The Labute approximate surface area is 116 Å². The number of likely N-dealkylation sites (N-methyl/N-ethyl adjacent to an activating group) is 1. The number of hydrogen-bond acceptors (Lipinski definition) is 3. The molecule has 2 aliphatic rings. The number of piperidine rings is 1. The smallest absolute Gasteiger partial charge is 0.236 e. The zero-order valence-corrected chi connectivity index (χ0v) is 12.3. The molecule has 0 aromatic heterocycles. The number of carbonyl (C=O) groups is 1. The lowest BCUT2D eigenvalue weighted by molar-refractivity contribution is -0.134. The largest absolute Gasteiger partial charge is 0.393 e. The van der Waals surface area contributed by atoms with Gasteiger partial charge in [-0.3, -0.25) is 9.69 Å². The summed E-state index contributed by atoms with van der Waals surface area (Å²) in [6.45, 7) is 4.26. The summed E-state index contributed by atoms with van der Waals surface area (Å²) < 4.78 is 0. The van der Waals surface area contributed by atoms with Gasteiger partial charge in [-0.2, -0.15) is 0 Å². The first-order chi connectivity index (χ1) is 9.08. The SMILES string of the molecule is CC1CN(CC(=O)N(C)C2CCCCC2)CCC1O. The number of carbonyl (C=O) groups excluding carboxylic acids is 1. The third kappa shape index (κ3) is 3.93. The average molecular weight is 268 g/mol.